The van der Waals surface area contributed by atoms with Crippen LogP contribution in [-0.2, 0) is 6.54 Å². The second-order valence-corrected chi connectivity index (χ2v) is 5.25. The van der Waals surface area contributed by atoms with Gasteiger partial charge in [0, 0.05) is 38.7 Å². The molecule has 0 saturated carbocycles. The zero-order valence-corrected chi connectivity index (χ0v) is 12.2. The van der Waals surface area contributed by atoms with Crippen molar-refractivity contribution in [3.63, 3.8) is 0 Å². The number of hydrogen-bond donors (Lipinski definition) is 2. The zero-order chi connectivity index (χ0) is 14.7. The summed E-state index contributed by atoms with van der Waals surface area (Å²) in [6, 6.07) is 7.82. The predicted molar refractivity (Wildman–Crippen MR) is 80.7 cm³/mol. The minimum Gasteiger partial charge on any atom is -0.392 e. The Morgan fingerprint density at radius 3 is 2.50 bits per heavy atom. The Morgan fingerprint density at radius 1 is 1.30 bits per heavy atom. The normalized spacial score (nSPS) is 14.1. The highest BCUT2D eigenvalue weighted by Crippen LogP contribution is 2.21. The van der Waals surface area contributed by atoms with E-state index < -0.39 is 6.10 Å². The van der Waals surface area contributed by atoms with Crippen molar-refractivity contribution in [2.75, 3.05) is 19.0 Å². The van der Waals surface area contributed by atoms with Crippen molar-refractivity contribution in [1.29, 1.82) is 0 Å². The minimum atomic E-state index is -0.425. The van der Waals surface area contributed by atoms with Crippen LogP contribution in [0.4, 0.5) is 5.69 Å². The van der Waals surface area contributed by atoms with E-state index in [2.05, 4.69) is 4.98 Å². The summed E-state index contributed by atoms with van der Waals surface area (Å²) >= 11 is 0. The van der Waals surface area contributed by atoms with E-state index in [0.717, 1.165) is 17.1 Å². The van der Waals surface area contributed by atoms with Crippen molar-refractivity contribution in [1.82, 2.24) is 9.55 Å². The van der Waals surface area contributed by atoms with Gasteiger partial charge in [0.05, 0.1) is 12.1 Å². The van der Waals surface area contributed by atoms with Crippen molar-refractivity contribution in [3.8, 4) is 0 Å². The van der Waals surface area contributed by atoms with Gasteiger partial charge in [0.1, 0.15) is 5.82 Å². The van der Waals surface area contributed by atoms with Crippen LogP contribution in [0.25, 0.3) is 0 Å². The van der Waals surface area contributed by atoms with Crippen molar-refractivity contribution in [2.45, 2.75) is 25.6 Å². The second kappa shape index (κ2) is 6.07. The van der Waals surface area contributed by atoms with Crippen LogP contribution >= 0.6 is 0 Å². The van der Waals surface area contributed by atoms with Crippen molar-refractivity contribution < 1.29 is 5.11 Å². The largest absolute Gasteiger partial charge is 0.392 e. The average Bonchev–Trinajstić information content (AvgIpc) is 2.85. The van der Waals surface area contributed by atoms with Gasteiger partial charge >= 0.3 is 0 Å². The quantitative estimate of drug-likeness (QED) is 0.864. The summed E-state index contributed by atoms with van der Waals surface area (Å²) in [5, 5.41) is 9.50. The molecule has 2 rings (SSSR count). The van der Waals surface area contributed by atoms with Gasteiger partial charge in [-0.1, -0.05) is 12.1 Å². The molecule has 2 unspecified atom stereocenters. The van der Waals surface area contributed by atoms with Crippen molar-refractivity contribution in [3.05, 3.63) is 48.0 Å². The standard InChI is InChI=1S/C15H22N4O/c1-11(20)10-19-9-8-17-15(19)14(16)12-4-6-13(7-5-12)18(2)3/h4-9,11,14,20H,10,16H2,1-3H3. The van der Waals surface area contributed by atoms with E-state index >= 15 is 0 Å². The lowest BCUT2D eigenvalue weighted by molar-refractivity contribution is 0.172. The fourth-order valence-electron chi connectivity index (χ4n) is 2.17. The molecule has 1 aromatic carbocycles. The first-order valence-electron chi connectivity index (χ1n) is 6.71. The number of rotatable bonds is 5. The predicted octanol–water partition coefficient (Wildman–Crippen LogP) is 1.38. The van der Waals surface area contributed by atoms with Gasteiger partial charge in [-0.25, -0.2) is 4.98 Å². The molecule has 2 aromatic rings. The molecule has 2 atom stereocenters. The highest BCUT2D eigenvalue weighted by molar-refractivity contribution is 5.47. The van der Waals surface area contributed by atoms with Crippen molar-refractivity contribution >= 4 is 5.69 Å². The highest BCUT2D eigenvalue weighted by atomic mass is 16.3. The number of nitrogens with two attached hydrogens (primary N) is 1. The minimum absolute atomic E-state index is 0.292. The SMILES string of the molecule is CC(O)Cn1ccnc1C(N)c1ccc(N(C)C)cc1. The fraction of sp³-hybridized carbons (Fsp3) is 0.400. The molecule has 0 spiro atoms. The Balaban J connectivity index is 2.22. The molecule has 3 N–H and O–H groups in total. The number of aromatic nitrogens is 2. The lowest BCUT2D eigenvalue weighted by atomic mass is 10.1. The van der Waals surface area contributed by atoms with Crippen LogP contribution in [-0.4, -0.2) is 34.9 Å². The number of aliphatic hydroxyl groups excluding tert-OH is 1. The summed E-state index contributed by atoms with van der Waals surface area (Å²) in [5.74, 6) is 0.767. The van der Waals surface area contributed by atoms with Crippen LogP contribution in [0.3, 0.4) is 0 Å². The number of aliphatic hydroxyl groups is 1. The van der Waals surface area contributed by atoms with E-state index in [9.17, 15) is 5.11 Å². The molecule has 0 radical (unpaired) electrons. The first-order chi connectivity index (χ1) is 9.49. The third kappa shape index (κ3) is 3.18. The van der Waals surface area contributed by atoms with E-state index in [-0.39, 0.29) is 6.04 Å². The van der Waals surface area contributed by atoms with Gasteiger partial charge < -0.3 is 20.3 Å². The maximum Gasteiger partial charge on any atom is 0.130 e. The van der Waals surface area contributed by atoms with E-state index in [1.54, 1.807) is 13.1 Å². The van der Waals surface area contributed by atoms with Gasteiger partial charge in [-0.05, 0) is 24.6 Å². The summed E-state index contributed by atoms with van der Waals surface area (Å²) in [7, 11) is 4.01. The number of imidazole rings is 1. The lowest BCUT2D eigenvalue weighted by Gasteiger charge is -2.17. The Bertz CT molecular complexity index is 545. The summed E-state index contributed by atoms with van der Waals surface area (Å²) in [4.78, 5) is 6.36. The van der Waals surface area contributed by atoms with Crippen LogP contribution in [0.1, 0.15) is 24.4 Å². The molecular weight excluding hydrogens is 252 g/mol. The van der Waals surface area contributed by atoms with Crippen LogP contribution < -0.4 is 10.6 Å². The zero-order valence-electron chi connectivity index (χ0n) is 12.2. The maximum absolute atomic E-state index is 9.50. The molecule has 5 nitrogen and oxygen atoms in total. The first kappa shape index (κ1) is 14.6. The summed E-state index contributed by atoms with van der Waals surface area (Å²) < 4.78 is 1.90. The third-order valence-corrected chi connectivity index (χ3v) is 3.26. The Morgan fingerprint density at radius 2 is 1.95 bits per heavy atom. The summed E-state index contributed by atoms with van der Waals surface area (Å²) in [5.41, 5.74) is 8.43. The molecule has 0 saturated heterocycles. The molecule has 1 aromatic heterocycles. The van der Waals surface area contributed by atoms with E-state index in [4.69, 9.17) is 5.73 Å². The molecule has 108 valence electrons. The second-order valence-electron chi connectivity index (χ2n) is 5.25. The number of nitrogens with zero attached hydrogens (tertiary/aromatic N) is 3. The van der Waals surface area contributed by atoms with Crippen LogP contribution in [0.15, 0.2) is 36.7 Å². The fourth-order valence-corrected chi connectivity index (χ4v) is 2.17. The Hall–Kier alpha value is -1.85. The monoisotopic (exact) mass is 274 g/mol. The van der Waals surface area contributed by atoms with E-state index in [1.807, 2.05) is 54.0 Å². The topological polar surface area (TPSA) is 67.3 Å². The van der Waals surface area contributed by atoms with Gasteiger partial charge in [-0.15, -0.1) is 0 Å². The van der Waals surface area contributed by atoms with Gasteiger partial charge in [-0.2, -0.15) is 0 Å². The molecule has 0 aliphatic carbocycles. The molecule has 1 heterocycles. The molecule has 0 fully saturated rings. The molecule has 0 amide bonds. The number of benzene rings is 1. The Kier molecular flexibility index (Phi) is 4.42. The molecule has 0 bridgehead atoms. The van der Waals surface area contributed by atoms with Crippen LogP contribution in [0.2, 0.25) is 0 Å². The van der Waals surface area contributed by atoms with Gasteiger partial charge in [0.15, 0.2) is 0 Å². The van der Waals surface area contributed by atoms with Gasteiger partial charge in [0.2, 0.25) is 0 Å². The number of anilines is 1. The highest BCUT2D eigenvalue weighted by Gasteiger charge is 2.15. The Labute approximate surface area is 119 Å². The smallest absolute Gasteiger partial charge is 0.130 e. The van der Waals surface area contributed by atoms with Crippen molar-refractivity contribution in [2.24, 2.45) is 5.73 Å². The maximum atomic E-state index is 9.50. The number of hydrogen-bond acceptors (Lipinski definition) is 4. The molecule has 0 aliphatic rings. The lowest BCUT2D eigenvalue weighted by Crippen LogP contribution is -2.21. The molecule has 0 aliphatic heterocycles. The van der Waals surface area contributed by atoms with Crippen LogP contribution in [0, 0.1) is 0 Å². The average molecular weight is 274 g/mol. The van der Waals surface area contributed by atoms with Gasteiger partial charge in [-0.3, -0.25) is 0 Å². The van der Waals surface area contributed by atoms with E-state index in [0.29, 0.717) is 6.54 Å². The summed E-state index contributed by atoms with van der Waals surface area (Å²) in [6.45, 7) is 2.25. The third-order valence-electron chi connectivity index (χ3n) is 3.26. The first-order valence-corrected chi connectivity index (χ1v) is 6.71. The summed E-state index contributed by atoms with van der Waals surface area (Å²) in [6.07, 6.45) is 3.13. The van der Waals surface area contributed by atoms with Gasteiger partial charge in [0.25, 0.3) is 0 Å². The molecular formula is C15H22N4O. The molecule has 20 heavy (non-hydrogen) atoms. The van der Waals surface area contributed by atoms with Crippen LogP contribution in [0.5, 0.6) is 0 Å². The van der Waals surface area contributed by atoms with E-state index in [1.165, 1.54) is 0 Å². The molecule has 5 heteroatoms.